The molecule has 0 radical (unpaired) electrons. The Labute approximate surface area is 165 Å². The minimum Gasteiger partial charge on any atom is -0.345 e. The predicted octanol–water partition coefficient (Wildman–Crippen LogP) is 3.62. The number of unbranched alkanes of at least 4 members (excludes halogenated alkanes) is 1. The van der Waals surface area contributed by atoms with E-state index in [1.807, 2.05) is 11.9 Å². The molecule has 27 heavy (non-hydrogen) atoms. The average Bonchev–Trinajstić information content (AvgIpc) is 2.73. The highest BCUT2D eigenvalue weighted by molar-refractivity contribution is 5.78. The second kappa shape index (κ2) is 10.2. The zero-order valence-corrected chi connectivity index (χ0v) is 17.3. The van der Waals surface area contributed by atoms with Crippen LogP contribution in [0.1, 0.15) is 51.0 Å². The lowest BCUT2D eigenvalue weighted by Crippen LogP contribution is -2.50. The van der Waals surface area contributed by atoms with Gasteiger partial charge in [0.05, 0.1) is 5.92 Å². The molecule has 0 aromatic heterocycles. The van der Waals surface area contributed by atoms with Crippen LogP contribution in [-0.2, 0) is 11.3 Å². The van der Waals surface area contributed by atoms with E-state index in [4.69, 9.17) is 0 Å². The van der Waals surface area contributed by atoms with E-state index in [1.54, 1.807) is 0 Å². The highest BCUT2D eigenvalue weighted by Gasteiger charge is 2.32. The maximum Gasteiger partial charge on any atom is 0.226 e. The van der Waals surface area contributed by atoms with Gasteiger partial charge in [0.2, 0.25) is 5.91 Å². The number of piperidine rings is 2. The summed E-state index contributed by atoms with van der Waals surface area (Å²) in [4.78, 5) is 20.0. The van der Waals surface area contributed by atoms with E-state index in [-0.39, 0.29) is 5.92 Å². The molecule has 3 rings (SSSR count). The van der Waals surface area contributed by atoms with Crippen LogP contribution in [0.25, 0.3) is 0 Å². The van der Waals surface area contributed by atoms with Crippen molar-refractivity contribution in [2.45, 2.75) is 58.0 Å². The van der Waals surface area contributed by atoms with Crippen LogP contribution in [0.4, 0.5) is 0 Å². The molecule has 4 nitrogen and oxygen atoms in total. The summed E-state index contributed by atoms with van der Waals surface area (Å²) in [5.41, 5.74) is 1.41. The third kappa shape index (κ3) is 5.79. The largest absolute Gasteiger partial charge is 0.345 e. The van der Waals surface area contributed by atoms with Crippen molar-refractivity contribution < 1.29 is 4.79 Å². The highest BCUT2D eigenvalue weighted by Crippen LogP contribution is 2.25. The SMILES string of the molecule is CCCCN(C)C(=O)C1CCCN(C2CCN(Cc3ccccc3)CC2)C1. The summed E-state index contributed by atoms with van der Waals surface area (Å²) < 4.78 is 0. The minimum atomic E-state index is 0.211. The van der Waals surface area contributed by atoms with Gasteiger partial charge in [-0.3, -0.25) is 14.6 Å². The number of nitrogens with zero attached hydrogens (tertiary/aromatic N) is 3. The Kier molecular flexibility index (Phi) is 7.71. The van der Waals surface area contributed by atoms with Gasteiger partial charge in [0.25, 0.3) is 0 Å². The van der Waals surface area contributed by atoms with Crippen molar-refractivity contribution in [3.8, 4) is 0 Å². The summed E-state index contributed by atoms with van der Waals surface area (Å²) in [5.74, 6) is 0.581. The molecule has 0 N–H and O–H groups in total. The fourth-order valence-corrected chi connectivity index (χ4v) is 4.64. The lowest BCUT2D eigenvalue weighted by molar-refractivity contribution is -0.136. The van der Waals surface area contributed by atoms with Gasteiger partial charge in [-0.05, 0) is 57.3 Å². The van der Waals surface area contributed by atoms with Crippen molar-refractivity contribution >= 4 is 5.91 Å². The molecule has 1 aromatic rings. The maximum absolute atomic E-state index is 12.8. The number of benzene rings is 1. The van der Waals surface area contributed by atoms with Crippen LogP contribution in [-0.4, -0.2) is 66.4 Å². The number of rotatable bonds is 7. The Bertz CT molecular complexity index is 568. The number of amides is 1. The summed E-state index contributed by atoms with van der Waals surface area (Å²) >= 11 is 0. The van der Waals surface area contributed by atoms with Gasteiger partial charge in [-0.2, -0.15) is 0 Å². The van der Waals surface area contributed by atoms with Crippen LogP contribution in [0, 0.1) is 5.92 Å². The first-order chi connectivity index (χ1) is 13.2. The molecular weight excluding hydrogens is 334 g/mol. The number of hydrogen-bond acceptors (Lipinski definition) is 3. The molecule has 1 amide bonds. The Morgan fingerprint density at radius 3 is 2.56 bits per heavy atom. The Balaban J connectivity index is 1.46. The van der Waals surface area contributed by atoms with Crippen molar-refractivity contribution in [1.82, 2.24) is 14.7 Å². The van der Waals surface area contributed by atoms with E-state index in [9.17, 15) is 4.79 Å². The molecule has 0 saturated carbocycles. The maximum atomic E-state index is 12.8. The van der Waals surface area contributed by atoms with E-state index < -0.39 is 0 Å². The molecule has 4 heteroatoms. The third-order valence-electron chi connectivity index (χ3n) is 6.35. The van der Waals surface area contributed by atoms with Gasteiger partial charge in [-0.15, -0.1) is 0 Å². The molecule has 1 unspecified atom stereocenters. The Morgan fingerprint density at radius 2 is 1.85 bits per heavy atom. The zero-order chi connectivity index (χ0) is 19.1. The van der Waals surface area contributed by atoms with Crippen molar-refractivity contribution in [1.29, 1.82) is 0 Å². The summed E-state index contributed by atoms with van der Waals surface area (Å²) in [7, 11) is 1.99. The summed E-state index contributed by atoms with van der Waals surface area (Å²) in [5, 5.41) is 0. The summed E-state index contributed by atoms with van der Waals surface area (Å²) in [6.07, 6.45) is 6.97. The molecule has 1 atom stereocenters. The van der Waals surface area contributed by atoms with E-state index in [0.29, 0.717) is 11.9 Å². The number of likely N-dealkylation sites (tertiary alicyclic amines) is 2. The van der Waals surface area contributed by atoms with Gasteiger partial charge < -0.3 is 4.90 Å². The van der Waals surface area contributed by atoms with Gasteiger partial charge in [0.1, 0.15) is 0 Å². The monoisotopic (exact) mass is 371 g/mol. The molecule has 2 aliphatic heterocycles. The lowest BCUT2D eigenvalue weighted by atomic mass is 9.92. The lowest BCUT2D eigenvalue weighted by Gasteiger charge is -2.42. The molecule has 2 aliphatic rings. The van der Waals surface area contributed by atoms with Crippen LogP contribution >= 0.6 is 0 Å². The molecule has 2 heterocycles. The smallest absolute Gasteiger partial charge is 0.226 e. The summed E-state index contributed by atoms with van der Waals surface area (Å²) in [6.45, 7) is 8.64. The van der Waals surface area contributed by atoms with Gasteiger partial charge >= 0.3 is 0 Å². The predicted molar refractivity (Wildman–Crippen MR) is 112 cm³/mol. The first kappa shape index (κ1) is 20.3. The standard InChI is InChI=1S/C23H37N3O/c1-3-4-14-24(2)23(27)21-11-8-15-26(19-21)22-12-16-25(17-13-22)18-20-9-6-5-7-10-20/h5-7,9-10,21-22H,3-4,8,11-19H2,1-2H3. The van der Waals surface area contributed by atoms with E-state index >= 15 is 0 Å². The minimum absolute atomic E-state index is 0.211. The molecule has 0 bridgehead atoms. The quantitative estimate of drug-likeness (QED) is 0.732. The molecule has 2 saturated heterocycles. The fourth-order valence-electron chi connectivity index (χ4n) is 4.64. The average molecular weight is 372 g/mol. The van der Waals surface area contributed by atoms with Gasteiger partial charge in [-0.1, -0.05) is 43.7 Å². The van der Waals surface area contributed by atoms with Crippen molar-refractivity contribution in [3.63, 3.8) is 0 Å². The highest BCUT2D eigenvalue weighted by atomic mass is 16.2. The zero-order valence-electron chi connectivity index (χ0n) is 17.3. The topological polar surface area (TPSA) is 26.8 Å². The second-order valence-corrected chi connectivity index (χ2v) is 8.44. The van der Waals surface area contributed by atoms with Crippen molar-refractivity contribution in [2.75, 3.05) is 39.8 Å². The van der Waals surface area contributed by atoms with Crippen LogP contribution in [0.2, 0.25) is 0 Å². The molecule has 1 aromatic carbocycles. The second-order valence-electron chi connectivity index (χ2n) is 8.44. The molecule has 150 valence electrons. The van der Waals surface area contributed by atoms with Crippen LogP contribution in [0.15, 0.2) is 30.3 Å². The van der Waals surface area contributed by atoms with E-state index in [2.05, 4.69) is 47.1 Å². The molecule has 2 fully saturated rings. The number of carbonyl (C=O) groups excluding carboxylic acids is 1. The van der Waals surface area contributed by atoms with E-state index in [0.717, 1.165) is 38.9 Å². The molecule has 0 aliphatic carbocycles. The number of carbonyl (C=O) groups is 1. The van der Waals surface area contributed by atoms with Crippen LogP contribution in [0.5, 0.6) is 0 Å². The normalized spacial score (nSPS) is 22.7. The van der Waals surface area contributed by atoms with Crippen LogP contribution in [0.3, 0.4) is 0 Å². The summed E-state index contributed by atoms with van der Waals surface area (Å²) in [6, 6.07) is 11.5. The Hall–Kier alpha value is -1.39. The van der Waals surface area contributed by atoms with Gasteiger partial charge in [0.15, 0.2) is 0 Å². The van der Waals surface area contributed by atoms with Gasteiger partial charge in [0, 0.05) is 32.7 Å². The van der Waals surface area contributed by atoms with Crippen molar-refractivity contribution in [3.05, 3.63) is 35.9 Å². The fraction of sp³-hybridized carbons (Fsp3) is 0.696. The Morgan fingerprint density at radius 1 is 1.11 bits per heavy atom. The molecule has 0 spiro atoms. The number of hydrogen-bond donors (Lipinski definition) is 0. The first-order valence-electron chi connectivity index (χ1n) is 10.9. The first-order valence-corrected chi connectivity index (χ1v) is 10.9. The molecular formula is C23H37N3O. The van der Waals surface area contributed by atoms with Gasteiger partial charge in [-0.25, -0.2) is 0 Å². The van der Waals surface area contributed by atoms with Crippen LogP contribution < -0.4 is 0 Å². The third-order valence-corrected chi connectivity index (χ3v) is 6.35. The van der Waals surface area contributed by atoms with E-state index in [1.165, 1.54) is 44.5 Å². The van der Waals surface area contributed by atoms with Crippen molar-refractivity contribution in [2.24, 2.45) is 5.92 Å².